The van der Waals surface area contributed by atoms with Crippen molar-refractivity contribution in [3.63, 3.8) is 0 Å². The molecule has 1 aromatic rings. The van der Waals surface area contributed by atoms with Crippen LogP contribution in [0.4, 0.5) is 0 Å². The van der Waals surface area contributed by atoms with E-state index in [9.17, 15) is 25.2 Å². The molecule has 26 heavy (non-hydrogen) atoms. The number of hydrogen-bond donors (Lipinski definition) is 5. The molecule has 0 aliphatic rings. The third-order valence-electron chi connectivity index (χ3n) is 4.20. The smallest absolute Gasteiger partial charge is 0.313 e. The number of ether oxygens (including phenoxy) is 1. The van der Waals surface area contributed by atoms with Gasteiger partial charge in [-0.3, -0.25) is 4.79 Å². The van der Waals surface area contributed by atoms with E-state index in [0.29, 0.717) is 5.92 Å². The maximum Gasteiger partial charge on any atom is 0.313 e. The highest BCUT2D eigenvalue weighted by molar-refractivity contribution is 5.77. The molecule has 7 nitrogen and oxygen atoms in total. The monoisotopic (exact) mass is 370 g/mol. The lowest BCUT2D eigenvalue weighted by Gasteiger charge is -2.25. The minimum Gasteiger partial charge on any atom is -0.462 e. The first-order chi connectivity index (χ1) is 12.2. The molecule has 1 unspecified atom stereocenters. The molecule has 0 bridgehead atoms. The highest BCUT2D eigenvalue weighted by Crippen LogP contribution is 2.19. The highest BCUT2D eigenvalue weighted by Gasteiger charge is 2.31. The first-order valence-electron chi connectivity index (χ1n) is 8.76. The van der Waals surface area contributed by atoms with Crippen LogP contribution < -0.4 is 0 Å². The van der Waals surface area contributed by atoms with Crippen molar-refractivity contribution >= 4 is 5.97 Å². The van der Waals surface area contributed by atoms with Crippen molar-refractivity contribution in [2.24, 2.45) is 5.92 Å². The van der Waals surface area contributed by atoms with E-state index in [2.05, 4.69) is 13.8 Å². The van der Waals surface area contributed by atoms with Crippen LogP contribution in [-0.4, -0.2) is 69.1 Å². The molecule has 0 fully saturated rings. The van der Waals surface area contributed by atoms with Crippen molar-refractivity contribution in [3.05, 3.63) is 35.4 Å². The average Bonchev–Trinajstić information content (AvgIpc) is 2.63. The summed E-state index contributed by atoms with van der Waals surface area (Å²) in [5, 5.41) is 47.0. The van der Waals surface area contributed by atoms with Gasteiger partial charge in [0.2, 0.25) is 0 Å². The van der Waals surface area contributed by atoms with Crippen LogP contribution in [0, 0.1) is 5.92 Å². The first-order valence-corrected chi connectivity index (χ1v) is 8.76. The van der Waals surface area contributed by atoms with Crippen molar-refractivity contribution in [3.8, 4) is 0 Å². The van der Waals surface area contributed by atoms with Crippen molar-refractivity contribution in [2.45, 2.75) is 57.5 Å². The molecule has 0 spiro atoms. The fourth-order valence-electron chi connectivity index (χ4n) is 2.50. The van der Waals surface area contributed by atoms with E-state index >= 15 is 0 Å². The van der Waals surface area contributed by atoms with E-state index in [-0.39, 0.29) is 0 Å². The summed E-state index contributed by atoms with van der Waals surface area (Å²) in [6, 6.07) is 7.64. The van der Waals surface area contributed by atoms with Gasteiger partial charge >= 0.3 is 5.97 Å². The third-order valence-corrected chi connectivity index (χ3v) is 4.20. The van der Waals surface area contributed by atoms with Crippen LogP contribution in [0.1, 0.15) is 37.8 Å². The zero-order valence-corrected chi connectivity index (χ0v) is 15.4. The standard InChI is InChI=1S/C19H30O7/c1-11(2)8-13-4-6-14(7-5-13)12(3)19(25)26-10-16(22)18(24)17(23)15(21)9-20/h4-7,11-12,15-18,20-24H,8-10H2,1-3H3/t12?,15-,16-,17-,18-/m0/s1. The quantitative estimate of drug-likeness (QED) is 0.366. The molecule has 0 aromatic heterocycles. The highest BCUT2D eigenvalue weighted by atomic mass is 16.5. The Labute approximate surface area is 153 Å². The van der Waals surface area contributed by atoms with E-state index in [1.807, 2.05) is 24.3 Å². The van der Waals surface area contributed by atoms with E-state index < -0.39 is 49.5 Å². The van der Waals surface area contributed by atoms with Crippen LogP contribution in [-0.2, 0) is 16.0 Å². The van der Waals surface area contributed by atoms with Gasteiger partial charge in [0.25, 0.3) is 0 Å². The van der Waals surface area contributed by atoms with Crippen LogP contribution in [0.3, 0.4) is 0 Å². The second-order valence-electron chi connectivity index (χ2n) is 6.99. The Hall–Kier alpha value is -1.51. The number of aliphatic hydroxyl groups is 5. The van der Waals surface area contributed by atoms with Crippen molar-refractivity contribution in [2.75, 3.05) is 13.2 Å². The Bertz CT molecular complexity index is 543. The number of carbonyl (C=O) groups excluding carboxylic acids is 1. The normalized spacial score (nSPS) is 17.4. The Balaban J connectivity index is 2.56. The van der Waals surface area contributed by atoms with Gasteiger partial charge in [-0.25, -0.2) is 0 Å². The summed E-state index contributed by atoms with van der Waals surface area (Å²) in [6.45, 7) is 4.63. The van der Waals surface area contributed by atoms with Crippen molar-refractivity contribution < 1.29 is 35.1 Å². The summed E-state index contributed by atoms with van der Waals surface area (Å²) in [7, 11) is 0. The third kappa shape index (κ3) is 6.66. The largest absolute Gasteiger partial charge is 0.462 e. The van der Waals surface area contributed by atoms with Crippen LogP contribution in [0.15, 0.2) is 24.3 Å². The second kappa shape index (κ2) is 10.6. The maximum absolute atomic E-state index is 12.1. The molecular formula is C19H30O7. The molecule has 0 aliphatic carbocycles. The molecule has 0 heterocycles. The van der Waals surface area contributed by atoms with E-state index in [4.69, 9.17) is 9.84 Å². The zero-order valence-electron chi connectivity index (χ0n) is 15.4. The first kappa shape index (κ1) is 22.5. The van der Waals surface area contributed by atoms with Gasteiger partial charge in [0.05, 0.1) is 12.5 Å². The average molecular weight is 370 g/mol. The summed E-state index contributed by atoms with van der Waals surface area (Å²) in [6.07, 6.45) is -5.74. The van der Waals surface area contributed by atoms with Gasteiger partial charge in [-0.1, -0.05) is 38.1 Å². The van der Waals surface area contributed by atoms with E-state index in [0.717, 1.165) is 12.0 Å². The molecule has 5 N–H and O–H groups in total. The van der Waals surface area contributed by atoms with Crippen molar-refractivity contribution in [1.29, 1.82) is 0 Å². The molecular weight excluding hydrogens is 340 g/mol. The van der Waals surface area contributed by atoms with Crippen LogP contribution >= 0.6 is 0 Å². The Morgan fingerprint density at radius 3 is 2.00 bits per heavy atom. The van der Waals surface area contributed by atoms with Gasteiger partial charge < -0.3 is 30.3 Å². The summed E-state index contributed by atoms with van der Waals surface area (Å²) in [5.74, 6) is -0.596. The summed E-state index contributed by atoms with van der Waals surface area (Å²) in [4.78, 5) is 12.1. The van der Waals surface area contributed by atoms with Gasteiger partial charge in [-0.15, -0.1) is 0 Å². The number of esters is 1. The lowest BCUT2D eigenvalue weighted by atomic mass is 9.97. The van der Waals surface area contributed by atoms with Crippen LogP contribution in [0.2, 0.25) is 0 Å². The van der Waals surface area contributed by atoms with Gasteiger partial charge in [-0.05, 0) is 30.4 Å². The topological polar surface area (TPSA) is 127 Å². The van der Waals surface area contributed by atoms with E-state index in [1.165, 1.54) is 5.56 Å². The van der Waals surface area contributed by atoms with E-state index in [1.54, 1.807) is 6.92 Å². The van der Waals surface area contributed by atoms with Crippen molar-refractivity contribution in [1.82, 2.24) is 0 Å². The zero-order chi connectivity index (χ0) is 19.9. The SMILES string of the molecule is CC(C)Cc1ccc(C(C)C(=O)OC[C@H](O)[C@H](O)[C@@H](O)[C@@H](O)CO)cc1. The summed E-state index contributed by atoms with van der Waals surface area (Å²) >= 11 is 0. The number of carbonyl (C=O) groups is 1. The molecule has 0 aliphatic heterocycles. The number of aliphatic hydroxyl groups excluding tert-OH is 5. The molecule has 0 saturated carbocycles. The molecule has 1 aromatic carbocycles. The van der Waals surface area contributed by atoms with Crippen LogP contribution in [0.5, 0.6) is 0 Å². The molecule has 5 atom stereocenters. The fraction of sp³-hybridized carbons (Fsp3) is 0.632. The number of hydrogen-bond acceptors (Lipinski definition) is 7. The Kier molecular flexibility index (Phi) is 9.18. The molecule has 148 valence electrons. The fourth-order valence-corrected chi connectivity index (χ4v) is 2.50. The Morgan fingerprint density at radius 1 is 0.962 bits per heavy atom. The van der Waals surface area contributed by atoms with Gasteiger partial charge in [0.1, 0.15) is 31.0 Å². The summed E-state index contributed by atoms with van der Waals surface area (Å²) < 4.78 is 5.00. The van der Waals surface area contributed by atoms with Crippen LogP contribution in [0.25, 0.3) is 0 Å². The minimum absolute atomic E-state index is 0.537. The molecule has 1 rings (SSSR count). The van der Waals surface area contributed by atoms with Gasteiger partial charge in [-0.2, -0.15) is 0 Å². The van der Waals surface area contributed by atoms with Gasteiger partial charge in [0.15, 0.2) is 0 Å². The maximum atomic E-state index is 12.1. The molecule has 0 saturated heterocycles. The molecule has 0 amide bonds. The lowest BCUT2D eigenvalue weighted by molar-refractivity contribution is -0.157. The predicted octanol–water partition coefficient (Wildman–Crippen LogP) is -0.0323. The number of benzene rings is 1. The Morgan fingerprint density at radius 2 is 1.50 bits per heavy atom. The minimum atomic E-state index is -1.75. The second-order valence-corrected chi connectivity index (χ2v) is 6.99. The number of rotatable bonds is 10. The molecule has 7 heteroatoms. The summed E-state index contributed by atoms with van der Waals surface area (Å²) in [5.41, 5.74) is 1.95. The lowest BCUT2D eigenvalue weighted by Crippen LogP contribution is -2.47. The molecule has 0 radical (unpaired) electrons. The van der Waals surface area contributed by atoms with Gasteiger partial charge in [0, 0.05) is 0 Å². The predicted molar refractivity (Wildman–Crippen MR) is 95.5 cm³/mol.